The summed E-state index contributed by atoms with van der Waals surface area (Å²) in [6, 6.07) is 8.04. The average molecular weight is 204 g/mol. The molecular formula is C13H17NO. The molecule has 0 saturated carbocycles. The van der Waals surface area contributed by atoms with E-state index in [0.29, 0.717) is 12.8 Å². The van der Waals surface area contributed by atoms with Gasteiger partial charge in [0.15, 0.2) is 0 Å². The molecule has 15 heavy (non-hydrogen) atoms. The molecule has 0 bridgehead atoms. The Hall–Kier alpha value is -1.44. The predicted octanol–water partition coefficient (Wildman–Crippen LogP) is 2.71. The third kappa shape index (κ3) is 1.99. The molecule has 1 aliphatic rings. The molecule has 1 aliphatic heterocycles. The molecule has 1 atom stereocenters. The van der Waals surface area contributed by atoms with Crippen LogP contribution in [0.5, 0.6) is 5.75 Å². The molecule has 0 aromatic heterocycles. The topological polar surface area (TPSA) is 12.5 Å². The van der Waals surface area contributed by atoms with E-state index in [1.807, 2.05) is 12.1 Å². The highest BCUT2D eigenvalue weighted by Crippen LogP contribution is 2.27. The Bertz CT molecular complexity index is 374. The van der Waals surface area contributed by atoms with E-state index in [0.717, 1.165) is 18.8 Å². The predicted molar refractivity (Wildman–Crippen MR) is 63.5 cm³/mol. The molecule has 1 aromatic carbocycles. The van der Waals surface area contributed by atoms with Crippen molar-refractivity contribution in [2.75, 3.05) is 25.1 Å². The van der Waals surface area contributed by atoms with Crippen LogP contribution < -0.4 is 9.64 Å². The van der Waals surface area contributed by atoms with Gasteiger partial charge in [-0.25, -0.2) is 0 Å². The Morgan fingerprint density at radius 1 is 1.47 bits per heavy atom. The van der Waals surface area contributed by atoms with E-state index in [-0.39, 0.29) is 0 Å². The summed E-state index contributed by atoms with van der Waals surface area (Å²) in [5.41, 5.74) is 2.35. The van der Waals surface area contributed by atoms with Crippen LogP contribution >= 0.6 is 0 Å². The number of hydrogen-bond acceptors (Lipinski definition) is 2. The minimum Gasteiger partial charge on any atom is -0.497 e. The average Bonchev–Trinajstić information content (AvgIpc) is 2.71. The van der Waals surface area contributed by atoms with Gasteiger partial charge in [-0.2, -0.15) is 0 Å². The van der Waals surface area contributed by atoms with Gasteiger partial charge in [0, 0.05) is 20.1 Å². The highest BCUT2D eigenvalue weighted by molar-refractivity contribution is 5.52. The molecule has 0 spiro atoms. The van der Waals surface area contributed by atoms with Gasteiger partial charge in [-0.15, -0.1) is 0 Å². The summed E-state index contributed by atoms with van der Waals surface area (Å²) in [5, 5.41) is 0. The van der Waals surface area contributed by atoms with E-state index in [1.54, 1.807) is 7.11 Å². The second kappa shape index (κ2) is 3.97. The molecule has 1 unspecified atom stereocenters. The summed E-state index contributed by atoms with van der Waals surface area (Å²) >= 11 is 0. The molecule has 1 heterocycles. The van der Waals surface area contributed by atoms with Crippen molar-refractivity contribution in [3.05, 3.63) is 36.4 Å². The zero-order valence-electron chi connectivity index (χ0n) is 10.1. The minimum atomic E-state index is 0.321. The lowest BCUT2D eigenvalue weighted by atomic mass is 10.1. The Kier molecular flexibility index (Phi) is 2.34. The van der Waals surface area contributed by atoms with E-state index in [1.165, 1.54) is 11.3 Å². The Morgan fingerprint density at radius 3 is 2.73 bits per heavy atom. The van der Waals surface area contributed by atoms with E-state index in [9.17, 15) is 0 Å². The van der Waals surface area contributed by atoms with Crippen LogP contribution in [0.1, 0.15) is 8.27 Å². The molecule has 0 N–H and O–H groups in total. The van der Waals surface area contributed by atoms with Crippen molar-refractivity contribution in [2.24, 2.45) is 5.92 Å². The van der Waals surface area contributed by atoms with Crippen molar-refractivity contribution in [2.45, 2.75) is 6.90 Å². The first kappa shape index (κ1) is 8.84. The first-order valence-electron chi connectivity index (χ1n) is 5.81. The van der Waals surface area contributed by atoms with Crippen LogP contribution in [0.3, 0.4) is 0 Å². The summed E-state index contributed by atoms with van der Waals surface area (Å²) in [5.74, 6) is 1.20. The SMILES string of the molecule is [2H]CC1CN(c2ccc(OC)cc2)CC1=C. The van der Waals surface area contributed by atoms with Crippen molar-refractivity contribution in [3.63, 3.8) is 0 Å². The summed E-state index contributed by atoms with van der Waals surface area (Å²) < 4.78 is 12.6. The van der Waals surface area contributed by atoms with E-state index in [2.05, 4.69) is 23.6 Å². The quantitative estimate of drug-likeness (QED) is 0.687. The summed E-state index contributed by atoms with van der Waals surface area (Å²) in [4.78, 5) is 2.26. The Balaban J connectivity index is 2.11. The normalized spacial score (nSPS) is 21.7. The van der Waals surface area contributed by atoms with Gasteiger partial charge in [-0.3, -0.25) is 0 Å². The van der Waals surface area contributed by atoms with Crippen molar-refractivity contribution < 1.29 is 6.11 Å². The monoisotopic (exact) mass is 204 g/mol. The molecule has 1 saturated heterocycles. The van der Waals surface area contributed by atoms with Gasteiger partial charge in [-0.1, -0.05) is 19.1 Å². The summed E-state index contributed by atoms with van der Waals surface area (Å²) in [6.07, 6.45) is 0. The highest BCUT2D eigenvalue weighted by atomic mass is 16.5. The molecule has 2 rings (SSSR count). The maximum absolute atomic E-state index is 7.44. The fourth-order valence-corrected chi connectivity index (χ4v) is 1.82. The van der Waals surface area contributed by atoms with Crippen LogP contribution in [0.25, 0.3) is 0 Å². The highest BCUT2D eigenvalue weighted by Gasteiger charge is 2.22. The number of hydrogen-bond donors (Lipinski definition) is 0. The maximum atomic E-state index is 7.44. The third-order valence-electron chi connectivity index (χ3n) is 2.85. The molecular weight excluding hydrogens is 186 g/mol. The van der Waals surface area contributed by atoms with Crippen LogP contribution in [0.4, 0.5) is 5.69 Å². The van der Waals surface area contributed by atoms with Gasteiger partial charge >= 0.3 is 0 Å². The molecule has 2 heteroatoms. The van der Waals surface area contributed by atoms with Gasteiger partial charge in [0.25, 0.3) is 0 Å². The van der Waals surface area contributed by atoms with E-state index in [4.69, 9.17) is 6.11 Å². The third-order valence-corrected chi connectivity index (χ3v) is 2.85. The van der Waals surface area contributed by atoms with Crippen LogP contribution in [0.15, 0.2) is 36.4 Å². The lowest BCUT2D eigenvalue weighted by molar-refractivity contribution is 0.415. The zero-order chi connectivity index (χ0) is 11.5. The first-order valence-corrected chi connectivity index (χ1v) is 5.10. The van der Waals surface area contributed by atoms with E-state index >= 15 is 0 Å². The largest absolute Gasteiger partial charge is 0.497 e. The number of methoxy groups -OCH3 is 1. The number of ether oxygens (including phenoxy) is 1. The van der Waals surface area contributed by atoms with Crippen LogP contribution in [0, 0.1) is 5.92 Å². The zero-order valence-corrected chi connectivity index (χ0v) is 9.07. The summed E-state index contributed by atoms with van der Waals surface area (Å²) in [7, 11) is 1.67. The number of benzene rings is 1. The van der Waals surface area contributed by atoms with E-state index < -0.39 is 0 Å². The van der Waals surface area contributed by atoms with Gasteiger partial charge in [0.1, 0.15) is 5.75 Å². The lowest BCUT2D eigenvalue weighted by Gasteiger charge is -2.17. The van der Waals surface area contributed by atoms with Crippen molar-refractivity contribution in [1.29, 1.82) is 0 Å². The van der Waals surface area contributed by atoms with Gasteiger partial charge in [0.2, 0.25) is 0 Å². The smallest absolute Gasteiger partial charge is 0.119 e. The van der Waals surface area contributed by atoms with Gasteiger partial charge in [0.05, 0.1) is 7.11 Å². The van der Waals surface area contributed by atoms with Crippen LogP contribution in [-0.2, 0) is 0 Å². The Labute approximate surface area is 92.6 Å². The number of nitrogens with zero attached hydrogens (tertiary/aromatic N) is 1. The van der Waals surface area contributed by atoms with Crippen molar-refractivity contribution in [3.8, 4) is 5.75 Å². The molecule has 1 aromatic rings. The van der Waals surface area contributed by atoms with Crippen LogP contribution in [-0.4, -0.2) is 20.2 Å². The lowest BCUT2D eigenvalue weighted by Crippen LogP contribution is -2.18. The van der Waals surface area contributed by atoms with Gasteiger partial charge in [-0.05, 0) is 30.2 Å². The van der Waals surface area contributed by atoms with Crippen molar-refractivity contribution >= 4 is 5.69 Å². The minimum absolute atomic E-state index is 0.321. The summed E-state index contributed by atoms with van der Waals surface area (Å²) in [6.45, 7) is 6.25. The fourth-order valence-electron chi connectivity index (χ4n) is 1.82. The maximum Gasteiger partial charge on any atom is 0.119 e. The second-order valence-electron chi connectivity index (χ2n) is 3.93. The number of rotatable bonds is 2. The van der Waals surface area contributed by atoms with Gasteiger partial charge < -0.3 is 9.64 Å². The molecule has 2 nitrogen and oxygen atoms in total. The standard InChI is InChI=1S/C13H17NO/c1-10-8-14(9-11(10)2)12-4-6-13(15-3)7-5-12/h4-7,11H,1,8-9H2,2-3H3/i2D. The Morgan fingerprint density at radius 2 is 2.20 bits per heavy atom. The second-order valence-corrected chi connectivity index (χ2v) is 3.93. The molecule has 0 aliphatic carbocycles. The molecule has 1 fully saturated rings. The van der Waals surface area contributed by atoms with Crippen molar-refractivity contribution in [1.82, 2.24) is 0 Å². The van der Waals surface area contributed by atoms with Crippen LogP contribution in [0.2, 0.25) is 0 Å². The fraction of sp³-hybridized carbons (Fsp3) is 0.385. The molecule has 0 radical (unpaired) electrons. The number of anilines is 1. The molecule has 80 valence electrons. The first-order chi connectivity index (χ1) is 7.74. The molecule has 0 amide bonds.